The van der Waals surface area contributed by atoms with Crippen molar-refractivity contribution in [2.24, 2.45) is 0 Å². The summed E-state index contributed by atoms with van der Waals surface area (Å²) >= 11 is 3.33. The van der Waals surface area contributed by atoms with Crippen LogP contribution in [-0.4, -0.2) is 37.9 Å². The lowest BCUT2D eigenvalue weighted by atomic mass is 10.1. The van der Waals surface area contributed by atoms with E-state index in [-0.39, 0.29) is 23.5 Å². The van der Waals surface area contributed by atoms with Crippen LogP contribution in [0.1, 0.15) is 19.3 Å². The minimum atomic E-state index is -3.63. The molecule has 1 saturated heterocycles. The van der Waals surface area contributed by atoms with Crippen molar-refractivity contribution in [3.8, 4) is 0 Å². The third-order valence-corrected chi connectivity index (χ3v) is 7.49. The number of urea groups is 1. The van der Waals surface area contributed by atoms with Gasteiger partial charge in [0.1, 0.15) is 0 Å². The molecule has 2 N–H and O–H groups in total. The highest BCUT2D eigenvalue weighted by Gasteiger charge is 2.34. The predicted octanol–water partition coefficient (Wildman–Crippen LogP) is 3.81. The van der Waals surface area contributed by atoms with E-state index in [1.807, 2.05) is 18.2 Å². The Morgan fingerprint density at radius 1 is 1.07 bits per heavy atom. The largest absolute Gasteiger partial charge is 0.336 e. The molecule has 0 spiro atoms. The number of carbonyl (C=O) groups excluding carboxylic acids is 1. The number of rotatable bonds is 5. The fourth-order valence-electron chi connectivity index (χ4n) is 3.18. The van der Waals surface area contributed by atoms with Crippen LogP contribution >= 0.6 is 15.9 Å². The zero-order valence-corrected chi connectivity index (χ0v) is 17.2. The van der Waals surface area contributed by atoms with Crippen LogP contribution in [0.15, 0.2) is 64.0 Å². The van der Waals surface area contributed by atoms with Gasteiger partial charge in [-0.05, 0) is 53.0 Å². The molecule has 6 nitrogen and oxygen atoms in total. The smallest absolute Gasteiger partial charge is 0.319 e. The summed E-state index contributed by atoms with van der Waals surface area (Å²) in [5.41, 5.74) is 0.691. The molecule has 1 aliphatic rings. The monoisotopic (exact) mass is 451 g/mol. The van der Waals surface area contributed by atoms with E-state index >= 15 is 0 Å². The maximum atomic E-state index is 13.1. The number of benzene rings is 2. The number of carbonyl (C=O) groups is 1. The number of halogens is 1. The normalized spacial score (nSPS) is 18.0. The van der Waals surface area contributed by atoms with Gasteiger partial charge < -0.3 is 10.6 Å². The van der Waals surface area contributed by atoms with Gasteiger partial charge in [0.05, 0.1) is 4.90 Å². The fourth-order valence-corrected chi connectivity index (χ4v) is 5.84. The molecule has 0 aromatic heterocycles. The zero-order valence-electron chi connectivity index (χ0n) is 14.8. The molecule has 1 fully saturated rings. The van der Waals surface area contributed by atoms with Crippen LogP contribution in [0.4, 0.5) is 10.5 Å². The molecule has 1 atom stereocenters. The Balaban J connectivity index is 1.68. The molecule has 2 aromatic rings. The van der Waals surface area contributed by atoms with Crippen molar-refractivity contribution in [3.63, 3.8) is 0 Å². The average molecular weight is 452 g/mol. The molecule has 0 radical (unpaired) electrons. The van der Waals surface area contributed by atoms with Crippen molar-refractivity contribution in [2.75, 3.05) is 18.4 Å². The Morgan fingerprint density at radius 3 is 2.52 bits per heavy atom. The standard InChI is InChI=1S/C19H22BrN3O3S/c20-17-11-4-5-12-18(17)27(25,26)23-13-7-6-10-16(23)14-21-19(24)22-15-8-2-1-3-9-15/h1-5,8-9,11-12,16H,6-7,10,13-14H2,(H2,21,22,24). The first-order valence-electron chi connectivity index (χ1n) is 8.85. The quantitative estimate of drug-likeness (QED) is 0.724. The van der Waals surface area contributed by atoms with E-state index in [4.69, 9.17) is 0 Å². The summed E-state index contributed by atoms with van der Waals surface area (Å²) in [6, 6.07) is 15.3. The maximum absolute atomic E-state index is 13.1. The van der Waals surface area contributed by atoms with Crippen molar-refractivity contribution in [2.45, 2.75) is 30.2 Å². The number of piperidine rings is 1. The van der Waals surface area contributed by atoms with Crippen LogP contribution in [0.5, 0.6) is 0 Å². The van der Waals surface area contributed by atoms with Crippen LogP contribution in [0, 0.1) is 0 Å². The summed E-state index contributed by atoms with van der Waals surface area (Å²) in [6.45, 7) is 0.721. The molecule has 0 bridgehead atoms. The number of nitrogens with zero attached hydrogens (tertiary/aromatic N) is 1. The van der Waals surface area contributed by atoms with Gasteiger partial charge in [-0.2, -0.15) is 4.31 Å². The second kappa shape index (κ2) is 8.86. The molecule has 144 valence electrons. The van der Waals surface area contributed by atoms with Crippen LogP contribution < -0.4 is 10.6 Å². The first kappa shape index (κ1) is 19.9. The Bertz CT molecular complexity index is 890. The van der Waals surface area contributed by atoms with E-state index in [0.717, 1.165) is 19.3 Å². The third kappa shape index (κ3) is 4.88. The van der Waals surface area contributed by atoms with Crippen molar-refractivity contribution in [1.29, 1.82) is 0 Å². The van der Waals surface area contributed by atoms with Crippen molar-refractivity contribution in [3.05, 3.63) is 59.1 Å². The SMILES string of the molecule is O=C(NCC1CCCCN1S(=O)(=O)c1ccccc1Br)Nc1ccccc1. The van der Waals surface area contributed by atoms with Crippen molar-refractivity contribution >= 4 is 37.7 Å². The molecule has 2 aromatic carbocycles. The summed E-state index contributed by atoms with van der Waals surface area (Å²) in [5.74, 6) is 0. The Hall–Kier alpha value is -1.90. The molecular formula is C19H22BrN3O3S. The van der Waals surface area contributed by atoms with Gasteiger partial charge in [0.2, 0.25) is 10.0 Å². The van der Waals surface area contributed by atoms with Gasteiger partial charge in [-0.3, -0.25) is 0 Å². The molecular weight excluding hydrogens is 430 g/mol. The number of anilines is 1. The summed E-state index contributed by atoms with van der Waals surface area (Å²) in [7, 11) is -3.63. The lowest BCUT2D eigenvalue weighted by molar-refractivity contribution is 0.231. The lowest BCUT2D eigenvalue weighted by Crippen LogP contribution is -2.49. The first-order valence-corrected chi connectivity index (χ1v) is 11.1. The van der Waals surface area contributed by atoms with E-state index in [2.05, 4.69) is 26.6 Å². The van der Waals surface area contributed by atoms with Gasteiger partial charge >= 0.3 is 6.03 Å². The van der Waals surface area contributed by atoms with Crippen molar-refractivity contribution < 1.29 is 13.2 Å². The Kier molecular flexibility index (Phi) is 6.51. The number of hydrogen-bond donors (Lipinski definition) is 2. The third-order valence-electron chi connectivity index (χ3n) is 4.53. The predicted molar refractivity (Wildman–Crippen MR) is 109 cm³/mol. The van der Waals surface area contributed by atoms with Crippen LogP contribution in [0.25, 0.3) is 0 Å². The molecule has 3 rings (SSSR count). The van der Waals surface area contributed by atoms with Gasteiger partial charge in [-0.1, -0.05) is 36.8 Å². The summed E-state index contributed by atoms with van der Waals surface area (Å²) in [4.78, 5) is 12.4. The van der Waals surface area contributed by atoms with Crippen LogP contribution in [0.3, 0.4) is 0 Å². The van der Waals surface area contributed by atoms with E-state index in [9.17, 15) is 13.2 Å². The molecule has 1 heterocycles. The average Bonchev–Trinajstić information content (AvgIpc) is 2.67. The molecule has 0 saturated carbocycles. The highest BCUT2D eigenvalue weighted by atomic mass is 79.9. The summed E-state index contributed by atoms with van der Waals surface area (Å²) in [6.07, 6.45) is 2.47. The van der Waals surface area contributed by atoms with Gasteiger partial charge in [0.15, 0.2) is 0 Å². The number of amides is 2. The maximum Gasteiger partial charge on any atom is 0.319 e. The first-order chi connectivity index (χ1) is 13.0. The second-order valence-electron chi connectivity index (χ2n) is 6.40. The zero-order chi connectivity index (χ0) is 19.3. The minimum Gasteiger partial charge on any atom is -0.336 e. The van der Waals surface area contributed by atoms with Gasteiger partial charge in [0.25, 0.3) is 0 Å². The number of para-hydroxylation sites is 1. The van der Waals surface area contributed by atoms with E-state index in [1.165, 1.54) is 4.31 Å². The molecule has 2 amide bonds. The van der Waals surface area contributed by atoms with Crippen LogP contribution in [0.2, 0.25) is 0 Å². The number of hydrogen-bond acceptors (Lipinski definition) is 3. The second-order valence-corrected chi connectivity index (χ2v) is 9.11. The molecule has 1 aliphatic heterocycles. The topological polar surface area (TPSA) is 78.5 Å². The van der Waals surface area contributed by atoms with Gasteiger partial charge in [0, 0.05) is 29.3 Å². The molecule has 0 aliphatic carbocycles. The highest BCUT2D eigenvalue weighted by Crippen LogP contribution is 2.29. The van der Waals surface area contributed by atoms with Crippen molar-refractivity contribution in [1.82, 2.24) is 9.62 Å². The van der Waals surface area contributed by atoms with E-state index in [1.54, 1.807) is 36.4 Å². The Morgan fingerprint density at radius 2 is 1.78 bits per heavy atom. The summed E-state index contributed by atoms with van der Waals surface area (Å²) in [5, 5.41) is 5.55. The molecule has 1 unspecified atom stereocenters. The molecule has 8 heteroatoms. The fraction of sp³-hybridized carbons (Fsp3) is 0.316. The Labute approximate surface area is 168 Å². The number of nitrogens with one attached hydrogen (secondary N) is 2. The molecule has 27 heavy (non-hydrogen) atoms. The summed E-state index contributed by atoms with van der Waals surface area (Å²) < 4.78 is 28.3. The van der Waals surface area contributed by atoms with E-state index in [0.29, 0.717) is 16.7 Å². The van der Waals surface area contributed by atoms with Gasteiger partial charge in [-0.25, -0.2) is 13.2 Å². The minimum absolute atomic E-state index is 0.255. The highest BCUT2D eigenvalue weighted by molar-refractivity contribution is 9.10. The van der Waals surface area contributed by atoms with Crippen LogP contribution in [-0.2, 0) is 10.0 Å². The van der Waals surface area contributed by atoms with Gasteiger partial charge in [-0.15, -0.1) is 0 Å². The lowest BCUT2D eigenvalue weighted by Gasteiger charge is -2.35. The number of sulfonamides is 1. The van der Waals surface area contributed by atoms with E-state index < -0.39 is 10.0 Å².